The lowest BCUT2D eigenvalue weighted by molar-refractivity contribution is 0.152. The summed E-state index contributed by atoms with van der Waals surface area (Å²) in [5, 5.41) is 9.31. The summed E-state index contributed by atoms with van der Waals surface area (Å²) in [4.78, 5) is 6.79. The van der Waals surface area contributed by atoms with E-state index in [1.807, 2.05) is 30.3 Å². The first kappa shape index (κ1) is 12.4. The van der Waals surface area contributed by atoms with Crippen LogP contribution in [0.15, 0.2) is 41.0 Å². The highest BCUT2D eigenvalue weighted by Crippen LogP contribution is 2.22. The van der Waals surface area contributed by atoms with Gasteiger partial charge in [-0.1, -0.05) is 18.2 Å². The van der Waals surface area contributed by atoms with Gasteiger partial charge in [0.1, 0.15) is 6.26 Å². The van der Waals surface area contributed by atoms with Crippen LogP contribution >= 0.6 is 0 Å². The molecule has 100 valence electrons. The number of oxazole rings is 1. The summed E-state index contributed by atoms with van der Waals surface area (Å²) >= 11 is 0. The average molecular weight is 258 g/mol. The molecule has 1 aromatic heterocycles. The fourth-order valence-electron chi connectivity index (χ4n) is 2.61. The molecule has 2 aromatic rings. The molecule has 1 aliphatic rings. The van der Waals surface area contributed by atoms with Gasteiger partial charge in [-0.25, -0.2) is 4.98 Å². The minimum atomic E-state index is 0.226. The van der Waals surface area contributed by atoms with E-state index in [1.165, 1.54) is 0 Å². The van der Waals surface area contributed by atoms with E-state index in [2.05, 4.69) is 9.88 Å². The van der Waals surface area contributed by atoms with Crippen LogP contribution in [0.25, 0.3) is 11.5 Å². The highest BCUT2D eigenvalue weighted by atomic mass is 16.3. The van der Waals surface area contributed by atoms with Crippen LogP contribution in [0.3, 0.4) is 0 Å². The number of aromatic nitrogens is 1. The number of hydrogen-bond donors (Lipinski definition) is 1. The molecule has 4 heteroatoms. The molecule has 2 heterocycles. The lowest BCUT2D eigenvalue weighted by Crippen LogP contribution is -2.31. The van der Waals surface area contributed by atoms with Gasteiger partial charge in [0.2, 0.25) is 5.89 Å². The third kappa shape index (κ3) is 2.69. The van der Waals surface area contributed by atoms with Gasteiger partial charge < -0.3 is 9.52 Å². The molecule has 0 unspecified atom stereocenters. The highest BCUT2D eigenvalue weighted by Gasteiger charge is 2.24. The van der Waals surface area contributed by atoms with Gasteiger partial charge in [0.05, 0.1) is 12.3 Å². The van der Waals surface area contributed by atoms with E-state index in [0.29, 0.717) is 5.89 Å². The standard InChI is InChI=1S/C15H18N2O2/c18-10-14-7-4-8-17(14)9-13-11-19-15(16-13)12-5-2-1-3-6-12/h1-3,5-6,11,14,18H,4,7-10H2/t14-/m0/s1. The molecular weight excluding hydrogens is 240 g/mol. The topological polar surface area (TPSA) is 49.5 Å². The third-order valence-electron chi connectivity index (χ3n) is 3.65. The zero-order valence-electron chi connectivity index (χ0n) is 10.8. The zero-order chi connectivity index (χ0) is 13.1. The van der Waals surface area contributed by atoms with Crippen LogP contribution in [0.2, 0.25) is 0 Å². The summed E-state index contributed by atoms with van der Waals surface area (Å²) in [6.45, 7) is 2.00. The number of hydrogen-bond acceptors (Lipinski definition) is 4. The van der Waals surface area contributed by atoms with E-state index >= 15 is 0 Å². The van der Waals surface area contributed by atoms with E-state index in [1.54, 1.807) is 6.26 Å². The number of aliphatic hydroxyl groups excluding tert-OH is 1. The van der Waals surface area contributed by atoms with Crippen LogP contribution in [-0.4, -0.2) is 34.2 Å². The van der Waals surface area contributed by atoms with Crippen molar-refractivity contribution in [2.24, 2.45) is 0 Å². The fourth-order valence-corrected chi connectivity index (χ4v) is 2.61. The molecule has 1 saturated heterocycles. The van der Waals surface area contributed by atoms with E-state index in [-0.39, 0.29) is 12.6 Å². The Morgan fingerprint density at radius 2 is 2.16 bits per heavy atom. The Morgan fingerprint density at radius 3 is 2.95 bits per heavy atom. The first-order valence-corrected chi connectivity index (χ1v) is 6.71. The summed E-state index contributed by atoms with van der Waals surface area (Å²) in [5.74, 6) is 0.662. The maximum atomic E-state index is 9.31. The summed E-state index contributed by atoms with van der Waals surface area (Å²) in [6, 6.07) is 10.2. The number of nitrogens with zero attached hydrogens (tertiary/aromatic N) is 2. The molecule has 0 spiro atoms. The lowest BCUT2D eigenvalue weighted by atomic mass is 10.2. The molecule has 0 aliphatic carbocycles. The van der Waals surface area contributed by atoms with Gasteiger partial charge in [0.15, 0.2) is 0 Å². The summed E-state index contributed by atoms with van der Waals surface area (Å²) < 4.78 is 5.53. The van der Waals surface area contributed by atoms with E-state index in [0.717, 1.165) is 37.2 Å². The van der Waals surface area contributed by atoms with Gasteiger partial charge in [0.25, 0.3) is 0 Å². The quantitative estimate of drug-likeness (QED) is 0.914. The minimum absolute atomic E-state index is 0.226. The SMILES string of the molecule is OC[C@@H]1CCCN1Cc1coc(-c2ccccc2)n1. The Labute approximate surface area is 112 Å². The molecule has 0 bridgehead atoms. The molecule has 1 N–H and O–H groups in total. The second-order valence-electron chi connectivity index (χ2n) is 4.96. The Hall–Kier alpha value is -1.65. The van der Waals surface area contributed by atoms with E-state index < -0.39 is 0 Å². The predicted molar refractivity (Wildman–Crippen MR) is 72.5 cm³/mol. The van der Waals surface area contributed by atoms with Crippen LogP contribution < -0.4 is 0 Å². The molecule has 19 heavy (non-hydrogen) atoms. The smallest absolute Gasteiger partial charge is 0.226 e. The largest absolute Gasteiger partial charge is 0.444 e. The Kier molecular flexibility index (Phi) is 3.62. The Balaban J connectivity index is 1.72. The molecule has 1 fully saturated rings. The van der Waals surface area contributed by atoms with Gasteiger partial charge in [-0.2, -0.15) is 0 Å². The normalized spacial score (nSPS) is 19.9. The van der Waals surface area contributed by atoms with Gasteiger partial charge in [0, 0.05) is 18.2 Å². The van der Waals surface area contributed by atoms with Gasteiger partial charge >= 0.3 is 0 Å². The average Bonchev–Trinajstić information content (AvgIpc) is 3.09. The van der Waals surface area contributed by atoms with Crippen LogP contribution in [0.5, 0.6) is 0 Å². The summed E-state index contributed by atoms with van der Waals surface area (Å²) in [5.41, 5.74) is 1.92. The lowest BCUT2D eigenvalue weighted by Gasteiger charge is -2.20. The molecule has 1 aromatic carbocycles. The molecule has 3 rings (SSSR count). The minimum Gasteiger partial charge on any atom is -0.444 e. The van der Waals surface area contributed by atoms with Crippen molar-refractivity contribution >= 4 is 0 Å². The Morgan fingerprint density at radius 1 is 1.32 bits per heavy atom. The predicted octanol–water partition coefficient (Wildman–Crippen LogP) is 2.30. The van der Waals surface area contributed by atoms with Crippen molar-refractivity contribution in [3.05, 3.63) is 42.3 Å². The fraction of sp³-hybridized carbons (Fsp3) is 0.400. The van der Waals surface area contributed by atoms with Gasteiger partial charge in [-0.3, -0.25) is 4.90 Å². The van der Waals surface area contributed by atoms with Crippen molar-refractivity contribution in [2.45, 2.75) is 25.4 Å². The van der Waals surface area contributed by atoms with Crippen molar-refractivity contribution in [1.29, 1.82) is 0 Å². The molecular formula is C15H18N2O2. The number of likely N-dealkylation sites (tertiary alicyclic amines) is 1. The van der Waals surface area contributed by atoms with Crippen LogP contribution in [0.4, 0.5) is 0 Å². The first-order chi connectivity index (χ1) is 9.36. The first-order valence-electron chi connectivity index (χ1n) is 6.71. The zero-order valence-corrected chi connectivity index (χ0v) is 10.8. The number of aliphatic hydroxyl groups is 1. The van der Waals surface area contributed by atoms with Crippen molar-refractivity contribution < 1.29 is 9.52 Å². The maximum absolute atomic E-state index is 9.31. The Bertz CT molecular complexity index is 524. The second kappa shape index (κ2) is 5.55. The molecule has 0 saturated carbocycles. The molecule has 4 nitrogen and oxygen atoms in total. The third-order valence-corrected chi connectivity index (χ3v) is 3.65. The summed E-state index contributed by atoms with van der Waals surface area (Å²) in [6.07, 6.45) is 3.93. The van der Waals surface area contributed by atoms with Gasteiger partial charge in [-0.15, -0.1) is 0 Å². The van der Waals surface area contributed by atoms with Crippen LogP contribution in [-0.2, 0) is 6.54 Å². The van der Waals surface area contributed by atoms with E-state index in [9.17, 15) is 5.11 Å². The van der Waals surface area contributed by atoms with Gasteiger partial charge in [-0.05, 0) is 31.5 Å². The van der Waals surface area contributed by atoms with Crippen molar-refractivity contribution in [3.63, 3.8) is 0 Å². The van der Waals surface area contributed by atoms with E-state index in [4.69, 9.17) is 4.42 Å². The maximum Gasteiger partial charge on any atom is 0.226 e. The monoisotopic (exact) mass is 258 g/mol. The summed E-state index contributed by atoms with van der Waals surface area (Å²) in [7, 11) is 0. The molecule has 1 atom stereocenters. The molecule has 1 aliphatic heterocycles. The molecule has 0 amide bonds. The molecule has 0 radical (unpaired) electrons. The highest BCUT2D eigenvalue weighted by molar-refractivity contribution is 5.52. The number of rotatable bonds is 4. The van der Waals surface area contributed by atoms with Crippen LogP contribution in [0.1, 0.15) is 18.5 Å². The van der Waals surface area contributed by atoms with Crippen LogP contribution in [0, 0.1) is 0 Å². The van der Waals surface area contributed by atoms with Crippen molar-refractivity contribution in [1.82, 2.24) is 9.88 Å². The van der Waals surface area contributed by atoms with Crippen molar-refractivity contribution in [2.75, 3.05) is 13.2 Å². The second-order valence-corrected chi connectivity index (χ2v) is 4.96. The van der Waals surface area contributed by atoms with Crippen molar-refractivity contribution in [3.8, 4) is 11.5 Å². The number of benzene rings is 1.